The molecule has 0 N–H and O–H groups in total. The van der Waals surface area contributed by atoms with E-state index in [1.807, 2.05) is 6.20 Å². The summed E-state index contributed by atoms with van der Waals surface area (Å²) in [6.45, 7) is 1.26. The number of Topliss-reactive ketones (excluding diaryl/α,β-unsaturated/α-hetero) is 1. The molecule has 0 saturated heterocycles. The van der Waals surface area contributed by atoms with E-state index >= 15 is 0 Å². The van der Waals surface area contributed by atoms with Crippen molar-refractivity contribution in [2.45, 2.75) is 19.1 Å². The second kappa shape index (κ2) is 2.25. The molecule has 0 saturated carbocycles. The third-order valence-electron chi connectivity index (χ3n) is 1.29. The first-order chi connectivity index (χ1) is 4.93. The monoisotopic (exact) mass is 163 g/mol. The molecule has 60 valence electrons. The third-order valence-corrected chi connectivity index (χ3v) is 1.29. The Morgan fingerprint density at radius 2 is 2.09 bits per heavy atom. The molecule has 0 bridgehead atoms. The van der Waals surface area contributed by atoms with Crippen LogP contribution in [-0.2, 0) is 4.79 Å². The van der Waals surface area contributed by atoms with Crippen LogP contribution in [0.5, 0.6) is 0 Å². The van der Waals surface area contributed by atoms with Crippen LogP contribution in [0.4, 0.5) is 13.2 Å². The number of rotatable bonds is 0. The van der Waals surface area contributed by atoms with Gasteiger partial charge in [0.1, 0.15) is 0 Å². The maximum Gasteiger partial charge on any atom is 0.418 e. The van der Waals surface area contributed by atoms with Crippen LogP contribution in [0.15, 0.2) is 5.57 Å². The molecule has 0 aromatic rings. The Labute approximate surface area is 61.1 Å². The van der Waals surface area contributed by atoms with Crippen LogP contribution in [0, 0.1) is 6.20 Å². The summed E-state index contributed by atoms with van der Waals surface area (Å²) in [4.78, 5) is 10.6. The van der Waals surface area contributed by atoms with Gasteiger partial charge in [0.15, 0.2) is 5.78 Å². The van der Waals surface area contributed by atoms with Crippen LogP contribution in [-0.4, -0.2) is 18.0 Å². The number of halogens is 3. The molecule has 1 rings (SSSR count). The molecule has 0 amide bonds. The number of hydrogen-bond acceptors (Lipinski definition) is 1. The van der Waals surface area contributed by atoms with Crippen molar-refractivity contribution in [3.05, 3.63) is 11.8 Å². The molecule has 2 radical (unpaired) electrons. The molecule has 1 unspecified atom stereocenters. The summed E-state index contributed by atoms with van der Waals surface area (Å²) in [6, 6.07) is -2.21. The Kier molecular flexibility index (Phi) is 1.66. The summed E-state index contributed by atoms with van der Waals surface area (Å²) in [7, 11) is 0. The van der Waals surface area contributed by atoms with E-state index in [0.717, 1.165) is 0 Å². The van der Waals surface area contributed by atoms with Gasteiger partial charge in [-0.1, -0.05) is 0 Å². The van der Waals surface area contributed by atoms with Gasteiger partial charge in [-0.05, 0) is 6.92 Å². The maximum absolute atomic E-state index is 11.8. The maximum atomic E-state index is 11.8. The topological polar surface area (TPSA) is 31.2 Å². The lowest BCUT2D eigenvalue weighted by atomic mass is 10.1. The zero-order valence-electron chi connectivity index (χ0n) is 5.57. The SMILES string of the molecule is CC1=[C][N]C(C(F)(F)F)C1=O. The average molecular weight is 163 g/mol. The summed E-state index contributed by atoms with van der Waals surface area (Å²) < 4.78 is 35.4. The summed E-state index contributed by atoms with van der Waals surface area (Å²) >= 11 is 0. The molecular formula is C6H4F3NO. The van der Waals surface area contributed by atoms with Crippen molar-refractivity contribution >= 4 is 5.78 Å². The van der Waals surface area contributed by atoms with Gasteiger partial charge in [-0.3, -0.25) is 10.1 Å². The standard InChI is InChI=1S/C6H4F3NO/c1-3-2-10-5(4(3)11)6(7,8)9/h5H,1H3. The molecule has 0 spiro atoms. The van der Waals surface area contributed by atoms with Gasteiger partial charge in [-0.25, -0.2) is 0 Å². The number of alkyl halides is 3. The largest absolute Gasteiger partial charge is 0.418 e. The Morgan fingerprint density at radius 1 is 1.55 bits per heavy atom. The van der Waals surface area contributed by atoms with Crippen molar-refractivity contribution in [1.82, 2.24) is 5.32 Å². The van der Waals surface area contributed by atoms with Crippen LogP contribution in [0.2, 0.25) is 0 Å². The molecule has 0 aliphatic carbocycles. The smallest absolute Gasteiger partial charge is 0.292 e. The number of hydrogen-bond donors (Lipinski definition) is 0. The van der Waals surface area contributed by atoms with E-state index in [0.29, 0.717) is 0 Å². The van der Waals surface area contributed by atoms with E-state index in [1.54, 1.807) is 0 Å². The van der Waals surface area contributed by atoms with E-state index < -0.39 is 18.0 Å². The first kappa shape index (κ1) is 8.10. The number of carbonyl (C=O) groups excluding carboxylic acids is 1. The molecule has 1 aliphatic heterocycles. The van der Waals surface area contributed by atoms with Crippen molar-refractivity contribution < 1.29 is 18.0 Å². The van der Waals surface area contributed by atoms with Crippen molar-refractivity contribution in [2.75, 3.05) is 0 Å². The Balaban J connectivity index is 2.76. The molecule has 0 fully saturated rings. The zero-order chi connectivity index (χ0) is 8.65. The first-order valence-corrected chi connectivity index (χ1v) is 2.83. The van der Waals surface area contributed by atoms with Gasteiger partial charge in [0.25, 0.3) is 0 Å². The predicted octanol–water partition coefficient (Wildman–Crippen LogP) is 0.811. The van der Waals surface area contributed by atoms with Crippen molar-refractivity contribution in [3.63, 3.8) is 0 Å². The van der Waals surface area contributed by atoms with E-state index in [-0.39, 0.29) is 5.57 Å². The second-order valence-electron chi connectivity index (χ2n) is 2.17. The van der Waals surface area contributed by atoms with Crippen molar-refractivity contribution in [1.29, 1.82) is 0 Å². The van der Waals surface area contributed by atoms with E-state index in [1.165, 1.54) is 6.92 Å². The fourth-order valence-electron chi connectivity index (χ4n) is 0.702. The fourth-order valence-corrected chi connectivity index (χ4v) is 0.702. The zero-order valence-corrected chi connectivity index (χ0v) is 5.57. The summed E-state index contributed by atoms with van der Waals surface area (Å²) in [5, 5.41) is 2.91. The van der Waals surface area contributed by atoms with Crippen LogP contribution in [0.25, 0.3) is 0 Å². The summed E-state index contributed by atoms with van der Waals surface area (Å²) in [5.74, 6) is -1.00. The minimum absolute atomic E-state index is 0.0627. The van der Waals surface area contributed by atoms with Crippen LogP contribution < -0.4 is 5.32 Å². The minimum atomic E-state index is -4.57. The Hall–Kier alpha value is -1.00. The fraction of sp³-hybridized carbons (Fsp3) is 0.500. The van der Waals surface area contributed by atoms with E-state index in [2.05, 4.69) is 5.32 Å². The molecule has 1 heterocycles. The van der Waals surface area contributed by atoms with E-state index in [4.69, 9.17) is 0 Å². The van der Waals surface area contributed by atoms with Gasteiger partial charge in [-0.15, -0.1) is 0 Å². The van der Waals surface area contributed by atoms with Crippen LogP contribution in [0.1, 0.15) is 6.92 Å². The van der Waals surface area contributed by atoms with Crippen LogP contribution >= 0.6 is 0 Å². The second-order valence-corrected chi connectivity index (χ2v) is 2.17. The minimum Gasteiger partial charge on any atom is -0.292 e. The van der Waals surface area contributed by atoms with Crippen LogP contribution in [0.3, 0.4) is 0 Å². The Bertz CT molecular complexity index is 218. The molecule has 11 heavy (non-hydrogen) atoms. The lowest BCUT2D eigenvalue weighted by Crippen LogP contribution is -2.39. The highest BCUT2D eigenvalue weighted by molar-refractivity contribution is 6.00. The van der Waals surface area contributed by atoms with Gasteiger partial charge >= 0.3 is 6.18 Å². The van der Waals surface area contributed by atoms with Gasteiger partial charge in [-0.2, -0.15) is 13.2 Å². The lowest BCUT2D eigenvalue weighted by Gasteiger charge is -2.11. The summed E-state index contributed by atoms with van der Waals surface area (Å²) in [5.41, 5.74) is -0.0627. The molecular weight excluding hydrogens is 159 g/mol. The summed E-state index contributed by atoms with van der Waals surface area (Å²) in [6.07, 6.45) is -2.57. The predicted molar refractivity (Wildman–Crippen MR) is 29.4 cm³/mol. The van der Waals surface area contributed by atoms with Gasteiger partial charge in [0, 0.05) is 5.57 Å². The molecule has 5 heteroatoms. The normalized spacial score (nSPS) is 24.9. The molecule has 1 atom stereocenters. The van der Waals surface area contributed by atoms with Gasteiger partial charge in [0.2, 0.25) is 6.04 Å². The number of ketones is 1. The highest BCUT2D eigenvalue weighted by Crippen LogP contribution is 2.26. The first-order valence-electron chi connectivity index (χ1n) is 2.83. The molecule has 2 nitrogen and oxygen atoms in total. The van der Waals surface area contributed by atoms with Gasteiger partial charge < -0.3 is 0 Å². The van der Waals surface area contributed by atoms with E-state index in [9.17, 15) is 18.0 Å². The highest BCUT2D eigenvalue weighted by Gasteiger charge is 2.48. The quantitative estimate of drug-likeness (QED) is 0.519. The molecule has 0 aromatic heterocycles. The lowest BCUT2D eigenvalue weighted by molar-refractivity contribution is -0.161. The third kappa shape index (κ3) is 1.36. The molecule has 1 aliphatic rings. The molecule has 0 aromatic carbocycles. The van der Waals surface area contributed by atoms with Crippen molar-refractivity contribution in [3.8, 4) is 0 Å². The average Bonchev–Trinajstić information content (AvgIpc) is 2.11. The highest BCUT2D eigenvalue weighted by atomic mass is 19.4. The Morgan fingerprint density at radius 3 is 2.27 bits per heavy atom. The van der Waals surface area contributed by atoms with Gasteiger partial charge in [0.05, 0.1) is 6.20 Å². The number of nitrogens with zero attached hydrogens (tertiary/aromatic N) is 1. The van der Waals surface area contributed by atoms with Crippen molar-refractivity contribution in [2.24, 2.45) is 0 Å². The number of carbonyl (C=O) groups is 1.